The summed E-state index contributed by atoms with van der Waals surface area (Å²) >= 11 is 0. The Hall–Kier alpha value is -1.20. The number of hydrogen-bond acceptors (Lipinski definition) is 12. The number of nitrogen functional groups attached to an aromatic ring is 1. The van der Waals surface area contributed by atoms with Gasteiger partial charge in [0, 0.05) is 0 Å². The van der Waals surface area contributed by atoms with Gasteiger partial charge in [0.05, 0.1) is 12.3 Å². The zero-order valence-electron chi connectivity index (χ0n) is 15.6. The Morgan fingerprint density at radius 2 is 1.88 bits per heavy atom. The number of halogens is 2. The largest absolute Gasteiger partial charge is 0.490 e. The fourth-order valence-corrected chi connectivity index (χ4v) is 5.82. The summed E-state index contributed by atoms with van der Waals surface area (Å²) in [6, 6.07) is 0. The molecule has 2 heterocycles. The smallest absolute Gasteiger partial charge is 0.387 e. The number of anilines is 1. The van der Waals surface area contributed by atoms with Crippen molar-refractivity contribution in [3.8, 4) is 0 Å². The second-order valence-electron chi connectivity index (χ2n) is 6.27. The van der Waals surface area contributed by atoms with Crippen molar-refractivity contribution in [2.24, 2.45) is 0 Å². The summed E-state index contributed by atoms with van der Waals surface area (Å²) in [5, 5.41) is 13.6. The topological polar surface area (TPSA) is 263 Å². The number of aromatic nitrogens is 3. The van der Waals surface area contributed by atoms with Gasteiger partial charge in [0.15, 0.2) is 6.23 Å². The van der Waals surface area contributed by atoms with Gasteiger partial charge in [0.1, 0.15) is 24.7 Å². The van der Waals surface area contributed by atoms with Crippen LogP contribution in [-0.4, -0.2) is 70.1 Å². The lowest BCUT2D eigenvalue weighted by atomic mass is 9.95. The molecule has 0 saturated carbocycles. The molecule has 184 valence electrons. The summed E-state index contributed by atoms with van der Waals surface area (Å²) < 4.78 is 79.3. The summed E-state index contributed by atoms with van der Waals surface area (Å²) in [6.07, 6.45) is -7.83. The predicted molar refractivity (Wildman–Crippen MR) is 94.8 cm³/mol. The van der Waals surface area contributed by atoms with Gasteiger partial charge < -0.3 is 35.2 Å². The third-order valence-electron chi connectivity index (χ3n) is 3.84. The first kappa shape index (κ1) is 27.0. The Balaban J connectivity index is 2.25. The number of phosphoric ester groups is 1. The molecule has 2 rings (SSSR count). The van der Waals surface area contributed by atoms with Gasteiger partial charge in [-0.3, -0.25) is 4.52 Å². The third-order valence-corrected chi connectivity index (χ3v) is 7.77. The predicted octanol–water partition coefficient (Wildman–Crippen LogP) is -1.11. The van der Waals surface area contributed by atoms with Crippen LogP contribution in [0.2, 0.25) is 0 Å². The molecule has 1 aromatic heterocycles. The minimum atomic E-state index is -5.86. The maximum absolute atomic E-state index is 15.1. The quantitative estimate of drug-likeness (QED) is 0.206. The molecule has 7 N–H and O–H groups in total. The van der Waals surface area contributed by atoms with Crippen LogP contribution < -0.4 is 11.4 Å². The average Bonchev–Trinajstić information content (AvgIpc) is 2.84. The maximum Gasteiger partial charge on any atom is 0.490 e. The molecule has 1 saturated heterocycles. The van der Waals surface area contributed by atoms with Crippen LogP contribution in [0.5, 0.6) is 0 Å². The molecule has 22 heteroatoms. The summed E-state index contributed by atoms with van der Waals surface area (Å²) in [5.41, 5.74) is 0.614. The first-order chi connectivity index (χ1) is 14.4. The van der Waals surface area contributed by atoms with Crippen LogP contribution in [0.25, 0.3) is 0 Å². The SMILES string of the molecule is C[C@H](OP(=O)(O)OP(=O)(O)OP(=O)(O)O)[C@H]1O[C@@H](n2ncc(N)nc2=O)C(F)(CF)[C@H]1O. The Morgan fingerprint density at radius 3 is 2.38 bits per heavy atom. The minimum absolute atomic E-state index is 0.205. The average molecular weight is 532 g/mol. The molecule has 17 nitrogen and oxygen atoms in total. The standard InChI is InChI=1S/C10H17F2N4O13P3/c1-4(27-31(22,23)29-32(24,25)28-30(19,20)21)6-7(17)10(12,3-11)8(26-6)16-9(18)15-5(13)2-14-16/h2,4,6-8,17H,3H2,1H3,(H,22,23)(H,24,25)(H2,13,15,18)(H2,19,20,21)/t4-,6+,7-,8+,10?/m0/s1. The molecular formula is C10H17F2N4O13P3. The highest BCUT2D eigenvalue weighted by molar-refractivity contribution is 7.66. The van der Waals surface area contributed by atoms with E-state index in [1.165, 1.54) is 0 Å². The van der Waals surface area contributed by atoms with Gasteiger partial charge in [0.2, 0.25) is 5.67 Å². The maximum atomic E-state index is 15.1. The van der Waals surface area contributed by atoms with E-state index in [0.717, 1.165) is 13.1 Å². The van der Waals surface area contributed by atoms with Crippen LogP contribution >= 0.6 is 23.5 Å². The van der Waals surface area contributed by atoms with Crippen molar-refractivity contribution in [2.45, 2.75) is 37.1 Å². The van der Waals surface area contributed by atoms with Crippen LogP contribution in [0.3, 0.4) is 0 Å². The molecule has 3 unspecified atom stereocenters. The van der Waals surface area contributed by atoms with E-state index in [4.69, 9.17) is 25.2 Å². The highest BCUT2D eigenvalue weighted by Crippen LogP contribution is 2.66. The van der Waals surface area contributed by atoms with Gasteiger partial charge >= 0.3 is 29.2 Å². The molecule has 0 amide bonds. The van der Waals surface area contributed by atoms with Crippen LogP contribution in [0.4, 0.5) is 14.6 Å². The van der Waals surface area contributed by atoms with Crippen LogP contribution in [0.1, 0.15) is 13.2 Å². The summed E-state index contributed by atoms with van der Waals surface area (Å²) in [6.45, 7) is -1.08. The van der Waals surface area contributed by atoms with Gasteiger partial charge in [-0.05, 0) is 6.92 Å². The molecule has 7 atom stereocenters. The van der Waals surface area contributed by atoms with E-state index in [-0.39, 0.29) is 10.5 Å². The lowest BCUT2D eigenvalue weighted by Gasteiger charge is -2.26. The number of ether oxygens (including phenoxy) is 1. The highest BCUT2D eigenvalue weighted by Gasteiger charge is 2.61. The van der Waals surface area contributed by atoms with Gasteiger partial charge in [-0.1, -0.05) is 0 Å². The number of rotatable bonds is 9. The summed E-state index contributed by atoms with van der Waals surface area (Å²) in [4.78, 5) is 50.8. The number of hydrogen-bond donors (Lipinski definition) is 6. The van der Waals surface area contributed by atoms with Gasteiger partial charge in [-0.15, -0.1) is 0 Å². The van der Waals surface area contributed by atoms with Crippen molar-refractivity contribution in [1.29, 1.82) is 0 Å². The zero-order valence-corrected chi connectivity index (χ0v) is 18.3. The van der Waals surface area contributed by atoms with Crippen LogP contribution in [-0.2, 0) is 31.6 Å². The second-order valence-corrected chi connectivity index (χ2v) is 10.6. The lowest BCUT2D eigenvalue weighted by Crippen LogP contribution is -2.48. The van der Waals surface area contributed by atoms with Crippen molar-refractivity contribution in [3.05, 3.63) is 16.7 Å². The van der Waals surface area contributed by atoms with E-state index in [0.29, 0.717) is 0 Å². The van der Waals surface area contributed by atoms with Crippen molar-refractivity contribution in [1.82, 2.24) is 14.8 Å². The third kappa shape index (κ3) is 6.22. The highest BCUT2D eigenvalue weighted by atomic mass is 31.3. The molecule has 1 aromatic rings. The van der Waals surface area contributed by atoms with E-state index in [2.05, 4.69) is 23.2 Å². The number of aliphatic hydroxyl groups excluding tert-OH is 1. The molecule has 32 heavy (non-hydrogen) atoms. The fraction of sp³-hybridized carbons (Fsp3) is 0.700. The molecule has 1 aliphatic heterocycles. The molecule has 1 aliphatic rings. The van der Waals surface area contributed by atoms with E-state index in [1.807, 2.05) is 0 Å². The monoisotopic (exact) mass is 532 g/mol. The Morgan fingerprint density at radius 1 is 1.28 bits per heavy atom. The second kappa shape index (κ2) is 9.21. The lowest BCUT2D eigenvalue weighted by molar-refractivity contribution is -0.0917. The first-order valence-corrected chi connectivity index (χ1v) is 12.5. The van der Waals surface area contributed by atoms with Crippen molar-refractivity contribution in [3.63, 3.8) is 0 Å². The van der Waals surface area contributed by atoms with E-state index >= 15 is 4.39 Å². The van der Waals surface area contributed by atoms with Crippen molar-refractivity contribution >= 4 is 29.3 Å². The number of nitrogens with zero attached hydrogens (tertiary/aromatic N) is 3. The van der Waals surface area contributed by atoms with Crippen molar-refractivity contribution in [2.75, 3.05) is 12.4 Å². The number of nitrogens with two attached hydrogens (primary N) is 1. The summed E-state index contributed by atoms with van der Waals surface area (Å²) in [7, 11) is -17.2. The van der Waals surface area contributed by atoms with Gasteiger partial charge in [-0.2, -0.15) is 23.4 Å². The van der Waals surface area contributed by atoms with E-state index in [1.54, 1.807) is 0 Å². The number of phosphoric acid groups is 3. The van der Waals surface area contributed by atoms with Crippen LogP contribution in [0.15, 0.2) is 11.0 Å². The molecule has 0 bridgehead atoms. The minimum Gasteiger partial charge on any atom is -0.387 e. The zero-order chi connectivity index (χ0) is 24.7. The molecule has 0 spiro atoms. The number of alkyl halides is 2. The molecule has 0 aromatic carbocycles. The number of aliphatic hydroxyl groups is 1. The molecular weight excluding hydrogens is 515 g/mol. The van der Waals surface area contributed by atoms with Crippen LogP contribution in [0, 0.1) is 0 Å². The Labute approximate surface area is 176 Å². The Bertz CT molecular complexity index is 1050. The molecule has 0 radical (unpaired) electrons. The van der Waals surface area contributed by atoms with E-state index in [9.17, 15) is 32.9 Å². The molecule has 0 aliphatic carbocycles. The summed E-state index contributed by atoms with van der Waals surface area (Å²) in [5.74, 6) is -0.368. The van der Waals surface area contributed by atoms with E-state index < -0.39 is 66.0 Å². The van der Waals surface area contributed by atoms with Crippen molar-refractivity contribution < 1.29 is 65.0 Å². The fourth-order valence-electron chi connectivity index (χ4n) is 2.62. The molecule has 1 fully saturated rings. The normalized spacial score (nSPS) is 31.1. The van der Waals surface area contributed by atoms with Gasteiger partial charge in [-0.25, -0.2) is 27.3 Å². The Kier molecular flexibility index (Phi) is 7.79. The van der Waals surface area contributed by atoms with Gasteiger partial charge in [0.25, 0.3) is 0 Å². The first-order valence-electron chi connectivity index (χ1n) is 8.03.